The summed E-state index contributed by atoms with van der Waals surface area (Å²) in [5, 5.41) is 10.1. The predicted octanol–water partition coefficient (Wildman–Crippen LogP) is 4.53. The van der Waals surface area contributed by atoms with Gasteiger partial charge in [0.1, 0.15) is 16.7 Å². The molecule has 0 atom stereocenters. The van der Waals surface area contributed by atoms with Gasteiger partial charge < -0.3 is 4.74 Å². The highest BCUT2D eigenvalue weighted by Crippen LogP contribution is 2.37. The molecule has 1 aromatic carbocycles. The normalized spacial score (nSPS) is 11.4. The fourth-order valence-electron chi connectivity index (χ4n) is 3.43. The van der Waals surface area contributed by atoms with Crippen molar-refractivity contribution in [3.8, 4) is 16.9 Å². The van der Waals surface area contributed by atoms with Gasteiger partial charge in [0.05, 0.1) is 12.6 Å². The van der Waals surface area contributed by atoms with Crippen LogP contribution >= 0.6 is 11.6 Å². The first kappa shape index (κ1) is 15.8. The average molecular weight is 353 g/mol. The lowest BCUT2D eigenvalue weighted by Gasteiger charge is -2.15. The van der Waals surface area contributed by atoms with Crippen LogP contribution in [0, 0.1) is 20.8 Å². The van der Waals surface area contributed by atoms with Crippen LogP contribution in [-0.4, -0.2) is 26.7 Å². The Balaban J connectivity index is 2.18. The second-order valence-electron chi connectivity index (χ2n) is 6.11. The minimum atomic E-state index is 0.448. The number of pyridine rings is 2. The highest BCUT2D eigenvalue weighted by Gasteiger charge is 2.18. The highest BCUT2D eigenvalue weighted by atomic mass is 35.5. The molecular weight excluding hydrogens is 336 g/mol. The SMILES string of the molecule is COc1ccc(C)c(-c2cc3cnc(Cl)cc3n3c(C)nnc23)c1C. The van der Waals surface area contributed by atoms with Gasteiger partial charge >= 0.3 is 0 Å². The molecule has 0 saturated heterocycles. The maximum absolute atomic E-state index is 6.10. The monoisotopic (exact) mass is 352 g/mol. The number of aryl methyl sites for hydroxylation is 2. The number of halogens is 1. The van der Waals surface area contributed by atoms with Crippen molar-refractivity contribution in [3.63, 3.8) is 0 Å². The third-order valence-electron chi connectivity index (χ3n) is 4.60. The summed E-state index contributed by atoms with van der Waals surface area (Å²) < 4.78 is 7.53. The van der Waals surface area contributed by atoms with Gasteiger partial charge in [-0.15, -0.1) is 10.2 Å². The molecule has 0 radical (unpaired) electrons. The number of hydrogen-bond donors (Lipinski definition) is 0. The molecule has 6 heteroatoms. The van der Waals surface area contributed by atoms with Crippen LogP contribution < -0.4 is 4.74 Å². The van der Waals surface area contributed by atoms with Gasteiger partial charge in [0.15, 0.2) is 5.65 Å². The summed E-state index contributed by atoms with van der Waals surface area (Å²) in [7, 11) is 1.69. The van der Waals surface area contributed by atoms with Crippen LogP contribution in [0.4, 0.5) is 0 Å². The van der Waals surface area contributed by atoms with E-state index < -0.39 is 0 Å². The van der Waals surface area contributed by atoms with Crippen molar-refractivity contribution in [2.75, 3.05) is 7.11 Å². The number of hydrogen-bond acceptors (Lipinski definition) is 4. The first-order chi connectivity index (χ1) is 12.0. The topological polar surface area (TPSA) is 52.3 Å². The number of nitrogens with zero attached hydrogens (tertiary/aromatic N) is 4. The number of fused-ring (bicyclic) bond motifs is 3. The molecule has 3 heterocycles. The van der Waals surface area contributed by atoms with Crippen LogP contribution in [0.2, 0.25) is 5.15 Å². The first-order valence-electron chi connectivity index (χ1n) is 7.96. The lowest BCUT2D eigenvalue weighted by molar-refractivity contribution is 0.412. The maximum Gasteiger partial charge on any atom is 0.169 e. The summed E-state index contributed by atoms with van der Waals surface area (Å²) in [4.78, 5) is 4.23. The maximum atomic E-state index is 6.10. The Morgan fingerprint density at radius 2 is 1.88 bits per heavy atom. The van der Waals surface area contributed by atoms with E-state index in [2.05, 4.69) is 41.2 Å². The zero-order chi connectivity index (χ0) is 17.7. The Morgan fingerprint density at radius 1 is 1.08 bits per heavy atom. The Bertz CT molecular complexity index is 1130. The van der Waals surface area contributed by atoms with Gasteiger partial charge in [0.2, 0.25) is 0 Å². The second kappa shape index (κ2) is 5.70. The summed E-state index contributed by atoms with van der Waals surface area (Å²) in [5.41, 5.74) is 6.08. The molecule has 0 aliphatic rings. The molecule has 0 amide bonds. The molecular formula is C19H17ClN4O. The summed E-state index contributed by atoms with van der Waals surface area (Å²) in [6.07, 6.45) is 1.78. The summed E-state index contributed by atoms with van der Waals surface area (Å²) in [6.45, 7) is 6.08. The van der Waals surface area contributed by atoms with Gasteiger partial charge in [-0.3, -0.25) is 4.40 Å². The van der Waals surface area contributed by atoms with E-state index in [9.17, 15) is 0 Å². The van der Waals surface area contributed by atoms with E-state index in [4.69, 9.17) is 16.3 Å². The van der Waals surface area contributed by atoms with Crippen molar-refractivity contribution in [2.24, 2.45) is 0 Å². The third-order valence-corrected chi connectivity index (χ3v) is 4.80. The zero-order valence-corrected chi connectivity index (χ0v) is 15.2. The zero-order valence-electron chi connectivity index (χ0n) is 14.5. The molecule has 4 rings (SSSR count). The molecule has 0 bridgehead atoms. The average Bonchev–Trinajstić information content (AvgIpc) is 2.98. The van der Waals surface area contributed by atoms with E-state index >= 15 is 0 Å². The molecule has 126 valence electrons. The van der Waals surface area contributed by atoms with Crippen molar-refractivity contribution in [1.29, 1.82) is 0 Å². The molecule has 0 saturated carbocycles. The van der Waals surface area contributed by atoms with Crippen molar-refractivity contribution >= 4 is 28.2 Å². The van der Waals surface area contributed by atoms with Gasteiger partial charge in [-0.1, -0.05) is 17.7 Å². The fourth-order valence-corrected chi connectivity index (χ4v) is 3.58. The van der Waals surface area contributed by atoms with Crippen LogP contribution in [0.1, 0.15) is 17.0 Å². The van der Waals surface area contributed by atoms with Gasteiger partial charge in [0.25, 0.3) is 0 Å². The second-order valence-corrected chi connectivity index (χ2v) is 6.50. The quantitative estimate of drug-likeness (QED) is 0.497. The van der Waals surface area contributed by atoms with E-state index in [1.54, 1.807) is 13.3 Å². The van der Waals surface area contributed by atoms with Crippen LogP contribution in [0.3, 0.4) is 0 Å². The standard InChI is InChI=1S/C19H17ClN4O/c1-10-5-6-16(25-4)11(2)18(10)14-7-13-9-21-17(20)8-15(13)24-12(3)22-23-19(14)24/h5-9H,1-4H3. The number of rotatable bonds is 2. The first-order valence-corrected chi connectivity index (χ1v) is 8.33. The molecule has 0 spiro atoms. The van der Waals surface area contributed by atoms with E-state index in [0.717, 1.165) is 50.4 Å². The molecule has 0 aliphatic heterocycles. The van der Waals surface area contributed by atoms with Gasteiger partial charge in [-0.2, -0.15) is 0 Å². The van der Waals surface area contributed by atoms with E-state index in [0.29, 0.717) is 5.15 Å². The minimum Gasteiger partial charge on any atom is -0.496 e. The smallest absolute Gasteiger partial charge is 0.169 e. The molecule has 25 heavy (non-hydrogen) atoms. The molecule has 4 aromatic rings. The molecule has 0 N–H and O–H groups in total. The molecule has 5 nitrogen and oxygen atoms in total. The number of methoxy groups -OCH3 is 1. The van der Waals surface area contributed by atoms with Gasteiger partial charge in [-0.25, -0.2) is 4.98 Å². The van der Waals surface area contributed by atoms with Crippen molar-refractivity contribution in [1.82, 2.24) is 19.6 Å². The third kappa shape index (κ3) is 2.35. The lowest BCUT2D eigenvalue weighted by atomic mass is 9.95. The van der Waals surface area contributed by atoms with Crippen molar-refractivity contribution in [2.45, 2.75) is 20.8 Å². The highest BCUT2D eigenvalue weighted by molar-refractivity contribution is 6.30. The minimum absolute atomic E-state index is 0.448. The lowest BCUT2D eigenvalue weighted by Crippen LogP contribution is -1.98. The van der Waals surface area contributed by atoms with Crippen LogP contribution in [-0.2, 0) is 0 Å². The van der Waals surface area contributed by atoms with E-state index in [1.165, 1.54) is 0 Å². The van der Waals surface area contributed by atoms with Crippen LogP contribution in [0.15, 0.2) is 30.5 Å². The fraction of sp³-hybridized carbons (Fsp3) is 0.211. The van der Waals surface area contributed by atoms with E-state index in [-0.39, 0.29) is 0 Å². The van der Waals surface area contributed by atoms with Crippen molar-refractivity contribution in [3.05, 3.63) is 52.6 Å². The molecule has 0 fully saturated rings. The van der Waals surface area contributed by atoms with Gasteiger partial charge in [0, 0.05) is 23.2 Å². The number of aromatic nitrogens is 4. The summed E-state index contributed by atoms with van der Waals surface area (Å²) in [6, 6.07) is 7.99. The Hall–Kier alpha value is -2.66. The summed E-state index contributed by atoms with van der Waals surface area (Å²) in [5.74, 6) is 1.66. The Morgan fingerprint density at radius 3 is 2.64 bits per heavy atom. The van der Waals surface area contributed by atoms with Gasteiger partial charge in [-0.05, 0) is 49.6 Å². The summed E-state index contributed by atoms with van der Waals surface area (Å²) >= 11 is 6.10. The van der Waals surface area contributed by atoms with Crippen molar-refractivity contribution < 1.29 is 4.74 Å². The predicted molar refractivity (Wildman–Crippen MR) is 99.5 cm³/mol. The largest absolute Gasteiger partial charge is 0.496 e. The molecule has 0 unspecified atom stereocenters. The number of ether oxygens (including phenoxy) is 1. The van der Waals surface area contributed by atoms with Crippen LogP contribution in [0.25, 0.3) is 27.7 Å². The Kier molecular flexibility index (Phi) is 3.62. The molecule has 3 aromatic heterocycles. The van der Waals surface area contributed by atoms with E-state index in [1.807, 2.05) is 23.5 Å². The van der Waals surface area contributed by atoms with Crippen LogP contribution in [0.5, 0.6) is 5.75 Å². The Labute approximate surface area is 150 Å². The molecule has 0 aliphatic carbocycles. The number of benzene rings is 1.